The first-order valence-electron chi connectivity index (χ1n) is 6.54. The normalized spacial score (nSPS) is 13.7. The molecule has 21 heavy (non-hydrogen) atoms. The Labute approximate surface area is 123 Å². The van der Waals surface area contributed by atoms with Gasteiger partial charge in [-0.25, -0.2) is 0 Å². The average Bonchev–Trinajstić information content (AvgIpc) is 2.35. The van der Waals surface area contributed by atoms with Gasteiger partial charge in [0.05, 0.1) is 17.1 Å². The number of benzene rings is 1. The molecule has 0 aliphatic rings. The Bertz CT molecular complexity index is 531. The van der Waals surface area contributed by atoms with Gasteiger partial charge in [-0.2, -0.15) is 0 Å². The van der Waals surface area contributed by atoms with Gasteiger partial charge in [0.1, 0.15) is 0 Å². The van der Waals surface area contributed by atoms with E-state index in [2.05, 4.69) is 0 Å². The van der Waals surface area contributed by atoms with Crippen LogP contribution in [0.5, 0.6) is 0 Å². The molecular weight excluding hydrogens is 297 g/mol. The first kappa shape index (κ1) is 17.8. The highest BCUT2D eigenvalue weighted by molar-refractivity contribution is 7.54. The van der Waals surface area contributed by atoms with Crippen LogP contribution in [0.15, 0.2) is 24.3 Å². The van der Waals surface area contributed by atoms with E-state index in [-0.39, 0.29) is 11.3 Å². The van der Waals surface area contributed by atoms with Crippen molar-refractivity contribution in [1.29, 1.82) is 0 Å². The van der Waals surface area contributed by atoms with Crippen LogP contribution in [-0.2, 0) is 13.6 Å². The third-order valence-corrected chi connectivity index (χ3v) is 4.72. The Balaban J connectivity index is 3.16. The molecule has 0 heterocycles. The van der Waals surface area contributed by atoms with Crippen LogP contribution < -0.4 is 0 Å². The van der Waals surface area contributed by atoms with E-state index in [1.165, 1.54) is 18.2 Å². The van der Waals surface area contributed by atoms with E-state index < -0.39 is 30.6 Å². The zero-order chi connectivity index (χ0) is 16.2. The van der Waals surface area contributed by atoms with Gasteiger partial charge in [-0.1, -0.05) is 12.1 Å². The summed E-state index contributed by atoms with van der Waals surface area (Å²) < 4.78 is 23.3. The van der Waals surface area contributed by atoms with Crippen LogP contribution in [0.25, 0.3) is 0 Å². The summed E-state index contributed by atoms with van der Waals surface area (Å²) in [4.78, 5) is 10.2. The predicted molar refractivity (Wildman–Crippen MR) is 78.1 cm³/mol. The van der Waals surface area contributed by atoms with Gasteiger partial charge in [-0.3, -0.25) is 14.7 Å². The van der Waals surface area contributed by atoms with E-state index in [0.29, 0.717) is 0 Å². The molecule has 0 saturated carbocycles. The Hall–Kier alpha value is -1.27. The van der Waals surface area contributed by atoms with Crippen molar-refractivity contribution >= 4 is 13.3 Å². The van der Waals surface area contributed by atoms with Crippen LogP contribution in [0.3, 0.4) is 0 Å². The molecule has 0 radical (unpaired) electrons. The van der Waals surface area contributed by atoms with Crippen molar-refractivity contribution in [1.82, 2.24) is 0 Å². The van der Waals surface area contributed by atoms with Crippen LogP contribution in [0.1, 0.15) is 39.1 Å². The van der Waals surface area contributed by atoms with Crippen molar-refractivity contribution in [3.05, 3.63) is 39.9 Å². The third-order valence-electron chi connectivity index (χ3n) is 2.39. The number of nitro groups is 1. The summed E-state index contributed by atoms with van der Waals surface area (Å²) in [6, 6.07) is 5.29. The molecule has 7 nitrogen and oxygen atoms in total. The number of hydrogen-bond acceptors (Lipinski definition) is 6. The lowest BCUT2D eigenvalue weighted by Crippen LogP contribution is -2.13. The standard InChI is InChI=1S/C13H20NO6P/c1-9(2)19-21(18,20-10(3)4)13(15)11-6-5-7-12(8-11)14(16)17/h5-10,13,15H,1-4H3/t13-/m0/s1. The Morgan fingerprint density at radius 1 is 1.19 bits per heavy atom. The lowest BCUT2D eigenvalue weighted by molar-refractivity contribution is -0.385. The van der Waals surface area contributed by atoms with E-state index >= 15 is 0 Å². The lowest BCUT2D eigenvalue weighted by atomic mass is 10.2. The molecule has 8 heteroatoms. The van der Waals surface area contributed by atoms with Crippen LogP contribution >= 0.6 is 7.60 Å². The predicted octanol–water partition coefficient (Wildman–Crippen LogP) is 3.63. The van der Waals surface area contributed by atoms with Gasteiger partial charge in [-0.15, -0.1) is 0 Å². The molecule has 0 aliphatic carbocycles. The number of aliphatic hydroxyl groups excluding tert-OH is 1. The number of non-ortho nitro benzene ring substituents is 1. The number of hydrogen-bond donors (Lipinski definition) is 1. The molecule has 0 aliphatic heterocycles. The third kappa shape index (κ3) is 4.89. The van der Waals surface area contributed by atoms with E-state index in [1.807, 2.05) is 0 Å². The molecule has 0 bridgehead atoms. The molecule has 0 spiro atoms. The lowest BCUT2D eigenvalue weighted by Gasteiger charge is -2.26. The van der Waals surface area contributed by atoms with Gasteiger partial charge in [0.2, 0.25) is 0 Å². The molecular formula is C13H20NO6P. The topological polar surface area (TPSA) is 98.9 Å². The van der Waals surface area contributed by atoms with E-state index in [9.17, 15) is 19.8 Å². The zero-order valence-corrected chi connectivity index (χ0v) is 13.3. The molecule has 0 aromatic heterocycles. The molecule has 118 valence electrons. The number of nitro benzene ring substituents is 1. The SMILES string of the molecule is CC(C)OP(=O)(OC(C)C)[C@H](O)c1cccc([N+](=O)[O-])c1. The molecule has 0 amide bonds. The fraction of sp³-hybridized carbons (Fsp3) is 0.538. The highest BCUT2D eigenvalue weighted by Crippen LogP contribution is 2.61. The molecule has 1 rings (SSSR count). The fourth-order valence-corrected chi connectivity index (χ4v) is 3.69. The quantitative estimate of drug-likeness (QED) is 0.468. The monoisotopic (exact) mass is 317 g/mol. The second kappa shape index (κ2) is 7.13. The highest BCUT2D eigenvalue weighted by Gasteiger charge is 2.38. The minimum Gasteiger partial charge on any atom is -0.376 e. The summed E-state index contributed by atoms with van der Waals surface area (Å²) in [5, 5.41) is 21.1. The van der Waals surface area contributed by atoms with E-state index in [0.717, 1.165) is 6.07 Å². The number of nitrogens with zero attached hydrogens (tertiary/aromatic N) is 1. The van der Waals surface area contributed by atoms with Gasteiger partial charge in [0.25, 0.3) is 5.69 Å². The first-order chi connectivity index (χ1) is 9.65. The van der Waals surface area contributed by atoms with Crippen molar-refractivity contribution in [3.8, 4) is 0 Å². The van der Waals surface area contributed by atoms with Crippen molar-refractivity contribution in [2.45, 2.75) is 45.7 Å². The summed E-state index contributed by atoms with van der Waals surface area (Å²) in [7, 11) is -3.86. The Kier molecular flexibility index (Phi) is 6.04. The van der Waals surface area contributed by atoms with Gasteiger partial charge in [-0.05, 0) is 33.3 Å². The number of aliphatic hydroxyl groups is 1. The average molecular weight is 317 g/mol. The molecule has 0 unspecified atom stereocenters. The second-order valence-electron chi connectivity index (χ2n) is 5.07. The molecule has 1 aromatic carbocycles. The molecule has 0 fully saturated rings. The number of rotatable bonds is 7. The van der Waals surface area contributed by atoms with Crippen molar-refractivity contribution in [2.75, 3.05) is 0 Å². The summed E-state index contributed by atoms with van der Waals surface area (Å²) >= 11 is 0. The van der Waals surface area contributed by atoms with Crippen LogP contribution in [0.2, 0.25) is 0 Å². The van der Waals surface area contributed by atoms with E-state index in [1.54, 1.807) is 27.7 Å². The fourth-order valence-electron chi connectivity index (χ4n) is 1.71. The molecule has 1 N–H and O–H groups in total. The maximum absolute atomic E-state index is 12.8. The Morgan fingerprint density at radius 2 is 1.71 bits per heavy atom. The Morgan fingerprint density at radius 3 is 2.14 bits per heavy atom. The maximum atomic E-state index is 12.8. The minimum atomic E-state index is -3.86. The summed E-state index contributed by atoms with van der Waals surface area (Å²) in [6.07, 6.45) is -0.856. The van der Waals surface area contributed by atoms with Gasteiger partial charge >= 0.3 is 7.60 Å². The molecule has 1 aromatic rings. The first-order valence-corrected chi connectivity index (χ1v) is 8.16. The van der Waals surface area contributed by atoms with Crippen molar-refractivity contribution < 1.29 is 23.6 Å². The van der Waals surface area contributed by atoms with Gasteiger partial charge < -0.3 is 14.2 Å². The van der Waals surface area contributed by atoms with Gasteiger partial charge in [0, 0.05) is 12.1 Å². The summed E-state index contributed by atoms with van der Waals surface area (Å²) in [5.74, 6) is -1.58. The van der Waals surface area contributed by atoms with Crippen molar-refractivity contribution in [2.24, 2.45) is 0 Å². The molecule has 1 atom stereocenters. The summed E-state index contributed by atoms with van der Waals surface area (Å²) in [6.45, 7) is 6.65. The van der Waals surface area contributed by atoms with Crippen molar-refractivity contribution in [3.63, 3.8) is 0 Å². The van der Waals surface area contributed by atoms with Crippen LogP contribution in [-0.4, -0.2) is 22.2 Å². The van der Waals surface area contributed by atoms with Crippen LogP contribution in [0.4, 0.5) is 5.69 Å². The van der Waals surface area contributed by atoms with Crippen LogP contribution in [0, 0.1) is 10.1 Å². The largest absolute Gasteiger partial charge is 0.376 e. The second-order valence-corrected chi connectivity index (χ2v) is 7.06. The maximum Gasteiger partial charge on any atom is 0.363 e. The smallest absolute Gasteiger partial charge is 0.363 e. The summed E-state index contributed by atoms with van der Waals surface area (Å²) in [5.41, 5.74) is -0.0824. The minimum absolute atomic E-state index is 0.119. The van der Waals surface area contributed by atoms with Gasteiger partial charge in [0.15, 0.2) is 5.85 Å². The van der Waals surface area contributed by atoms with E-state index in [4.69, 9.17) is 9.05 Å². The zero-order valence-electron chi connectivity index (χ0n) is 12.4. The molecule has 0 saturated heterocycles. The highest BCUT2D eigenvalue weighted by atomic mass is 31.2.